The van der Waals surface area contributed by atoms with Gasteiger partial charge >= 0.3 is 0 Å². The lowest BCUT2D eigenvalue weighted by atomic mass is 9.83. The van der Waals surface area contributed by atoms with Gasteiger partial charge in [-0.15, -0.1) is 0 Å². The van der Waals surface area contributed by atoms with Crippen LogP contribution in [0.1, 0.15) is 65.2 Å². The summed E-state index contributed by atoms with van der Waals surface area (Å²) in [5.41, 5.74) is 1.40. The summed E-state index contributed by atoms with van der Waals surface area (Å²) in [5, 5.41) is 3.63. The van der Waals surface area contributed by atoms with Gasteiger partial charge in [0.05, 0.1) is 0 Å². The van der Waals surface area contributed by atoms with Gasteiger partial charge in [0.15, 0.2) is 0 Å². The first kappa shape index (κ1) is 13.8. The van der Waals surface area contributed by atoms with Gasteiger partial charge in [-0.2, -0.15) is 0 Å². The summed E-state index contributed by atoms with van der Waals surface area (Å²) in [6, 6.07) is 0.681. The van der Waals surface area contributed by atoms with E-state index in [1.807, 2.05) is 0 Å². The van der Waals surface area contributed by atoms with Crippen molar-refractivity contribution in [2.75, 3.05) is 6.54 Å². The fourth-order valence-corrected chi connectivity index (χ4v) is 2.85. The number of nitrogens with one attached hydrogen (secondary N) is 1. The Labute approximate surface area is 102 Å². The minimum absolute atomic E-state index is 0.681. The van der Waals surface area contributed by atoms with Crippen molar-refractivity contribution in [3.05, 3.63) is 12.2 Å². The minimum atomic E-state index is 0.681. The van der Waals surface area contributed by atoms with Crippen molar-refractivity contribution in [1.82, 2.24) is 5.32 Å². The van der Waals surface area contributed by atoms with Crippen LogP contribution in [0.3, 0.4) is 0 Å². The molecule has 0 spiro atoms. The van der Waals surface area contributed by atoms with E-state index in [0.717, 1.165) is 18.9 Å². The molecule has 16 heavy (non-hydrogen) atoms. The molecule has 0 aromatic rings. The Kier molecular flexibility index (Phi) is 6.79. The largest absolute Gasteiger partial charge is 0.314 e. The van der Waals surface area contributed by atoms with Crippen LogP contribution in [0, 0.1) is 5.92 Å². The molecule has 1 unspecified atom stereocenters. The Balaban J connectivity index is 2.33. The second-order valence-corrected chi connectivity index (χ2v) is 5.30. The van der Waals surface area contributed by atoms with Crippen LogP contribution < -0.4 is 5.32 Å². The average Bonchev–Trinajstić information content (AvgIpc) is 2.30. The Bertz CT molecular complexity index is 192. The van der Waals surface area contributed by atoms with Crippen LogP contribution in [0.2, 0.25) is 0 Å². The van der Waals surface area contributed by atoms with E-state index in [2.05, 4.69) is 25.7 Å². The van der Waals surface area contributed by atoms with Crippen LogP contribution in [0.25, 0.3) is 0 Å². The van der Waals surface area contributed by atoms with Gasteiger partial charge in [-0.25, -0.2) is 0 Å². The zero-order chi connectivity index (χ0) is 11.8. The van der Waals surface area contributed by atoms with Crippen molar-refractivity contribution >= 4 is 0 Å². The van der Waals surface area contributed by atoms with E-state index in [-0.39, 0.29) is 0 Å². The van der Waals surface area contributed by atoms with Gasteiger partial charge in [0.25, 0.3) is 0 Å². The Morgan fingerprint density at radius 1 is 1.25 bits per heavy atom. The molecule has 0 aromatic heterocycles. The summed E-state index contributed by atoms with van der Waals surface area (Å²) in [7, 11) is 0. The average molecular weight is 223 g/mol. The highest BCUT2D eigenvalue weighted by Gasteiger charge is 2.18. The summed E-state index contributed by atoms with van der Waals surface area (Å²) in [6.45, 7) is 9.67. The van der Waals surface area contributed by atoms with E-state index in [9.17, 15) is 0 Å². The molecule has 0 aliphatic heterocycles. The Hall–Kier alpha value is -0.300. The molecule has 0 heterocycles. The van der Waals surface area contributed by atoms with Crippen LogP contribution in [0.4, 0.5) is 0 Å². The summed E-state index contributed by atoms with van der Waals surface area (Å²) in [4.78, 5) is 0. The summed E-state index contributed by atoms with van der Waals surface area (Å²) in [6.07, 6.45) is 11.0. The van der Waals surface area contributed by atoms with Crippen LogP contribution >= 0.6 is 0 Å². The second-order valence-electron chi connectivity index (χ2n) is 5.30. The third kappa shape index (κ3) is 5.16. The van der Waals surface area contributed by atoms with E-state index < -0.39 is 0 Å². The number of hydrogen-bond donors (Lipinski definition) is 1. The van der Waals surface area contributed by atoms with Gasteiger partial charge in [0.1, 0.15) is 0 Å². The topological polar surface area (TPSA) is 12.0 Å². The number of hydrogen-bond acceptors (Lipinski definition) is 1. The maximum atomic E-state index is 4.15. The van der Waals surface area contributed by atoms with Crippen LogP contribution in [-0.4, -0.2) is 12.6 Å². The highest BCUT2D eigenvalue weighted by molar-refractivity contribution is 4.97. The fourth-order valence-electron chi connectivity index (χ4n) is 2.85. The maximum Gasteiger partial charge on any atom is 0.0107 e. The van der Waals surface area contributed by atoms with Gasteiger partial charge in [0, 0.05) is 6.04 Å². The van der Waals surface area contributed by atoms with E-state index >= 15 is 0 Å². The normalized spacial score (nSPS) is 19.6. The fraction of sp³-hybridized carbons (Fsp3) is 0.867. The quantitative estimate of drug-likeness (QED) is 0.635. The standard InChI is InChI=1S/C15H29N/c1-4-13(3)11-15(16-5-2)12-14-9-7-6-8-10-14/h14-16H,3-12H2,1-2H3. The van der Waals surface area contributed by atoms with Crippen molar-refractivity contribution < 1.29 is 0 Å². The molecule has 94 valence electrons. The molecular formula is C15H29N. The zero-order valence-corrected chi connectivity index (χ0v) is 11.2. The third-order valence-corrected chi connectivity index (χ3v) is 3.87. The number of rotatable bonds is 7. The van der Waals surface area contributed by atoms with Crippen molar-refractivity contribution in [1.29, 1.82) is 0 Å². The SMILES string of the molecule is C=C(CC)CC(CC1CCCCC1)NCC. The van der Waals surface area contributed by atoms with Crippen molar-refractivity contribution in [2.45, 2.75) is 71.3 Å². The summed E-state index contributed by atoms with van der Waals surface area (Å²) in [5.74, 6) is 0.974. The first-order chi connectivity index (χ1) is 7.76. The molecule has 1 nitrogen and oxygen atoms in total. The van der Waals surface area contributed by atoms with Gasteiger partial charge in [0.2, 0.25) is 0 Å². The van der Waals surface area contributed by atoms with Crippen molar-refractivity contribution in [3.63, 3.8) is 0 Å². The lowest BCUT2D eigenvalue weighted by Crippen LogP contribution is -2.32. The van der Waals surface area contributed by atoms with Crippen LogP contribution in [-0.2, 0) is 0 Å². The molecule has 1 aliphatic carbocycles. The molecule has 0 amide bonds. The van der Waals surface area contributed by atoms with E-state index in [4.69, 9.17) is 0 Å². The third-order valence-electron chi connectivity index (χ3n) is 3.87. The lowest BCUT2D eigenvalue weighted by Gasteiger charge is -2.27. The van der Waals surface area contributed by atoms with Crippen molar-refractivity contribution in [2.24, 2.45) is 5.92 Å². The molecule has 0 aromatic carbocycles. The first-order valence-corrected chi connectivity index (χ1v) is 7.16. The summed E-state index contributed by atoms with van der Waals surface area (Å²) >= 11 is 0. The van der Waals surface area contributed by atoms with Crippen molar-refractivity contribution in [3.8, 4) is 0 Å². The zero-order valence-electron chi connectivity index (χ0n) is 11.2. The smallest absolute Gasteiger partial charge is 0.0107 e. The lowest BCUT2D eigenvalue weighted by molar-refractivity contribution is 0.298. The van der Waals surface area contributed by atoms with E-state index in [1.54, 1.807) is 0 Å². The van der Waals surface area contributed by atoms with E-state index in [0.29, 0.717) is 6.04 Å². The predicted octanol–water partition coefficient (Wildman–Crippen LogP) is 4.29. The molecule has 1 aliphatic rings. The van der Waals surface area contributed by atoms with Gasteiger partial charge < -0.3 is 5.32 Å². The molecule has 0 saturated heterocycles. The molecule has 1 fully saturated rings. The van der Waals surface area contributed by atoms with E-state index in [1.165, 1.54) is 50.5 Å². The monoisotopic (exact) mass is 223 g/mol. The molecule has 0 bridgehead atoms. The molecular weight excluding hydrogens is 194 g/mol. The molecule has 1 rings (SSSR count). The minimum Gasteiger partial charge on any atom is -0.314 e. The molecule has 1 N–H and O–H groups in total. The molecule has 1 atom stereocenters. The second kappa shape index (κ2) is 7.89. The van der Waals surface area contributed by atoms with Gasteiger partial charge in [-0.3, -0.25) is 0 Å². The first-order valence-electron chi connectivity index (χ1n) is 7.16. The van der Waals surface area contributed by atoms with Crippen LogP contribution in [0.5, 0.6) is 0 Å². The van der Waals surface area contributed by atoms with Gasteiger partial charge in [-0.1, -0.05) is 58.1 Å². The van der Waals surface area contributed by atoms with Crippen LogP contribution in [0.15, 0.2) is 12.2 Å². The highest BCUT2D eigenvalue weighted by Crippen LogP contribution is 2.28. The molecule has 0 radical (unpaired) electrons. The maximum absolute atomic E-state index is 4.15. The molecule has 1 heteroatoms. The summed E-state index contributed by atoms with van der Waals surface area (Å²) < 4.78 is 0. The predicted molar refractivity (Wildman–Crippen MR) is 72.7 cm³/mol. The Morgan fingerprint density at radius 3 is 2.50 bits per heavy atom. The van der Waals surface area contributed by atoms with Gasteiger partial charge in [-0.05, 0) is 31.7 Å². The molecule has 1 saturated carbocycles. The Morgan fingerprint density at radius 2 is 1.94 bits per heavy atom. The highest BCUT2D eigenvalue weighted by atomic mass is 14.9.